The van der Waals surface area contributed by atoms with Gasteiger partial charge in [0.1, 0.15) is 6.15 Å². The molecule has 1 aromatic heterocycles. The van der Waals surface area contributed by atoms with Gasteiger partial charge in [0, 0.05) is 0 Å². The van der Waals surface area contributed by atoms with Crippen molar-refractivity contribution in [1.82, 2.24) is 4.57 Å². The van der Waals surface area contributed by atoms with Crippen LogP contribution in [0, 0.1) is 0 Å². The van der Waals surface area contributed by atoms with Crippen molar-refractivity contribution in [3.05, 3.63) is 34.0 Å². The van der Waals surface area contributed by atoms with Crippen molar-refractivity contribution < 1.29 is 4.57 Å². The lowest BCUT2D eigenvalue weighted by Gasteiger charge is -2.55. The fourth-order valence-corrected chi connectivity index (χ4v) is 6.98. The highest BCUT2D eigenvalue weighted by molar-refractivity contribution is 6.97. The Balaban J connectivity index is 1.86. The molecule has 26 heavy (non-hydrogen) atoms. The van der Waals surface area contributed by atoms with Gasteiger partial charge < -0.3 is 0 Å². The quantitative estimate of drug-likeness (QED) is 0.473. The number of hydrogen-bond donors (Lipinski definition) is 0. The number of hydrogen-bond acceptors (Lipinski definition) is 0. The van der Waals surface area contributed by atoms with Gasteiger partial charge in [0.2, 0.25) is 0 Å². The molecule has 2 bridgehead atoms. The number of allylic oxidation sites excluding steroid dienone is 3. The number of rotatable bonds is 3. The first-order chi connectivity index (χ1) is 12.6. The van der Waals surface area contributed by atoms with Crippen LogP contribution in [0.25, 0.3) is 0 Å². The predicted molar refractivity (Wildman–Crippen MR) is 113 cm³/mol. The van der Waals surface area contributed by atoms with Crippen LogP contribution in [-0.2, 0) is 14.1 Å². The Kier molecular flexibility index (Phi) is 5.31. The molecule has 0 radical (unpaired) electrons. The summed E-state index contributed by atoms with van der Waals surface area (Å²) in [4.78, 5) is 0. The van der Waals surface area contributed by atoms with Gasteiger partial charge >= 0.3 is 0 Å². The first kappa shape index (κ1) is 18.7. The maximum absolute atomic E-state index is 6.58. The summed E-state index contributed by atoms with van der Waals surface area (Å²) in [6.07, 6.45) is 17.4. The Bertz CT molecular complexity index is 702. The molecule has 0 saturated carbocycles. The number of nitrogens with zero attached hydrogens (tertiary/aromatic N) is 2. The minimum atomic E-state index is -0.798. The summed E-state index contributed by atoms with van der Waals surface area (Å²) < 4.78 is 4.36. The summed E-state index contributed by atoms with van der Waals surface area (Å²) in [5.74, 6) is 4.15. The van der Waals surface area contributed by atoms with Gasteiger partial charge in [-0.1, -0.05) is 50.2 Å². The van der Waals surface area contributed by atoms with Gasteiger partial charge in [-0.3, -0.25) is 9.13 Å². The van der Waals surface area contributed by atoms with Crippen LogP contribution in [0.15, 0.2) is 23.7 Å². The van der Waals surface area contributed by atoms with E-state index in [0.717, 1.165) is 11.6 Å². The molecule has 2 fully saturated rings. The summed E-state index contributed by atoms with van der Waals surface area (Å²) in [5, 5.41) is 1.36. The van der Waals surface area contributed by atoms with Crippen LogP contribution in [0.2, 0.25) is 21.9 Å². The third-order valence-corrected chi connectivity index (χ3v) is 8.67. The third-order valence-electron chi connectivity index (χ3n) is 7.71. The van der Waals surface area contributed by atoms with E-state index in [1.807, 2.05) is 0 Å². The monoisotopic (exact) mass is 392 g/mol. The average Bonchev–Trinajstić information content (AvgIpc) is 2.84. The van der Waals surface area contributed by atoms with Crippen molar-refractivity contribution in [1.29, 1.82) is 0 Å². The highest BCUT2D eigenvalue weighted by atomic mass is 35.5. The molecule has 0 unspecified atom stereocenters. The summed E-state index contributed by atoms with van der Waals surface area (Å²) in [6, 6.07) is 0. The molecule has 1 aromatic rings. The third kappa shape index (κ3) is 2.90. The van der Waals surface area contributed by atoms with Gasteiger partial charge in [-0.2, -0.15) is 11.6 Å². The van der Waals surface area contributed by atoms with E-state index in [9.17, 15) is 0 Å². The number of imidazole rings is 1. The molecule has 1 aliphatic carbocycles. The molecular formula is C21H31BCl2N2. The van der Waals surface area contributed by atoms with Gasteiger partial charge in [-0.15, -0.1) is 6.08 Å². The summed E-state index contributed by atoms with van der Waals surface area (Å²) in [7, 11) is 4.20. The first-order valence-corrected chi connectivity index (χ1v) is 11.3. The van der Waals surface area contributed by atoms with Crippen molar-refractivity contribution in [3.63, 3.8) is 0 Å². The van der Waals surface area contributed by atoms with Crippen molar-refractivity contribution in [3.8, 4) is 0 Å². The zero-order valence-corrected chi connectivity index (χ0v) is 17.7. The second-order valence-electron chi connectivity index (χ2n) is 8.90. The number of fused-ring (bicyclic) bond motifs is 2. The standard InChI is InChI=1S/C21H31BCl2N2/c1-25-19(23)20(24)26(2)21(25)22(15-14-16-8-4-3-5-9-16)17-10-6-11-18(22)13-7-12-17/h8,14-15,17-18H,3-7,9-13H2,1-2H3/b15-14-. The van der Waals surface area contributed by atoms with E-state index in [1.54, 1.807) is 0 Å². The van der Waals surface area contributed by atoms with Crippen LogP contribution >= 0.6 is 23.2 Å². The molecule has 3 heterocycles. The minimum absolute atomic E-state index is 0.680. The van der Waals surface area contributed by atoms with Gasteiger partial charge in [0.25, 0.3) is 10.3 Å². The second-order valence-corrected chi connectivity index (χ2v) is 9.62. The summed E-state index contributed by atoms with van der Waals surface area (Å²) >= 11 is 13.2. The van der Waals surface area contributed by atoms with E-state index in [-0.39, 0.29) is 0 Å². The molecule has 4 rings (SSSR count). The SMILES string of the molecule is Cn1c(Cl)c(Cl)[n+](C)c1[B-]1(/C=C\C2=CCCCC2)C2CCCC1CCC2. The highest BCUT2D eigenvalue weighted by Gasteiger charge is 2.50. The molecule has 2 nitrogen and oxygen atoms in total. The van der Waals surface area contributed by atoms with Crippen molar-refractivity contribution in [2.24, 2.45) is 14.1 Å². The fraction of sp³-hybridized carbons (Fsp3) is 0.667. The normalized spacial score (nSPS) is 32.1. The van der Waals surface area contributed by atoms with Crippen molar-refractivity contribution >= 4 is 35.1 Å². The molecule has 142 valence electrons. The van der Waals surface area contributed by atoms with Crippen LogP contribution < -0.4 is 10.3 Å². The maximum Gasteiger partial charge on any atom is 0.252 e. The van der Waals surface area contributed by atoms with E-state index in [0.29, 0.717) is 10.3 Å². The minimum Gasteiger partial charge on any atom is -0.256 e. The molecule has 0 spiro atoms. The zero-order valence-electron chi connectivity index (χ0n) is 16.2. The Labute approximate surface area is 168 Å². The van der Waals surface area contributed by atoms with E-state index in [4.69, 9.17) is 23.2 Å². The number of halogens is 2. The molecule has 0 aromatic carbocycles. The Morgan fingerprint density at radius 3 is 2.23 bits per heavy atom. The smallest absolute Gasteiger partial charge is 0.252 e. The van der Waals surface area contributed by atoms with E-state index in [2.05, 4.69) is 41.4 Å². The lowest BCUT2D eigenvalue weighted by Crippen LogP contribution is -2.69. The average molecular weight is 393 g/mol. The molecular weight excluding hydrogens is 362 g/mol. The lowest BCUT2D eigenvalue weighted by molar-refractivity contribution is -0.651. The Morgan fingerprint density at radius 2 is 1.73 bits per heavy atom. The first-order valence-electron chi connectivity index (χ1n) is 10.5. The molecule has 5 heteroatoms. The lowest BCUT2D eigenvalue weighted by atomic mass is 9.08. The van der Waals surface area contributed by atoms with Gasteiger partial charge in [0.15, 0.2) is 0 Å². The van der Waals surface area contributed by atoms with Crippen LogP contribution in [0.4, 0.5) is 0 Å². The van der Waals surface area contributed by atoms with E-state index >= 15 is 0 Å². The predicted octanol–water partition coefficient (Wildman–Crippen LogP) is 5.52. The fourth-order valence-electron chi connectivity index (χ4n) is 6.55. The van der Waals surface area contributed by atoms with Crippen LogP contribution in [-0.4, -0.2) is 10.7 Å². The summed E-state index contributed by atoms with van der Waals surface area (Å²) in [5.41, 5.74) is 2.90. The Hall–Kier alpha value is -0.665. The Morgan fingerprint density at radius 1 is 1.08 bits per heavy atom. The highest BCUT2D eigenvalue weighted by Crippen LogP contribution is 2.53. The van der Waals surface area contributed by atoms with Crippen molar-refractivity contribution in [2.45, 2.75) is 75.8 Å². The zero-order chi connectivity index (χ0) is 18.3. The van der Waals surface area contributed by atoms with Crippen LogP contribution in [0.5, 0.6) is 0 Å². The van der Waals surface area contributed by atoms with Gasteiger partial charge in [-0.05, 0) is 48.9 Å². The maximum atomic E-state index is 6.58. The van der Waals surface area contributed by atoms with E-state index in [1.165, 1.54) is 75.5 Å². The topological polar surface area (TPSA) is 8.81 Å². The molecule has 2 aliphatic heterocycles. The number of aromatic nitrogens is 2. The second kappa shape index (κ2) is 7.39. The molecule has 0 amide bonds. The molecule has 2 saturated heterocycles. The largest absolute Gasteiger partial charge is 0.256 e. The van der Waals surface area contributed by atoms with Crippen molar-refractivity contribution in [2.75, 3.05) is 0 Å². The summed E-state index contributed by atoms with van der Waals surface area (Å²) in [6.45, 7) is 0. The molecule has 3 aliphatic rings. The van der Waals surface area contributed by atoms with Gasteiger partial charge in [0.05, 0.1) is 19.8 Å². The molecule has 0 N–H and O–H groups in total. The van der Waals surface area contributed by atoms with Crippen LogP contribution in [0.3, 0.4) is 0 Å². The van der Waals surface area contributed by atoms with Gasteiger partial charge in [-0.25, -0.2) is 5.98 Å². The molecule has 0 atom stereocenters. The van der Waals surface area contributed by atoms with Crippen LogP contribution in [0.1, 0.15) is 64.2 Å². The van der Waals surface area contributed by atoms with E-state index < -0.39 is 6.15 Å².